The molecule has 5 heteroatoms. The van der Waals surface area contributed by atoms with Gasteiger partial charge < -0.3 is 0 Å². The van der Waals surface area contributed by atoms with Gasteiger partial charge in [-0.1, -0.05) is 80.2 Å². The van der Waals surface area contributed by atoms with Crippen molar-refractivity contribution in [2.75, 3.05) is 0 Å². The second-order valence-electron chi connectivity index (χ2n) is 8.23. The SMILES string of the molecule is C=Cc1ccc(C(C)(C)C(C)C)c([Si](C(C)C)C(C)C)c1S(=O)(=O)O. The molecule has 1 radical (unpaired) electrons. The molecule has 1 rings (SSSR count). The lowest BCUT2D eigenvalue weighted by Gasteiger charge is -2.37. The van der Waals surface area contributed by atoms with E-state index < -0.39 is 18.9 Å². The molecule has 0 unspecified atom stereocenters. The average Bonchev–Trinajstić information content (AvgIpc) is 2.44. The molecule has 0 amide bonds. The van der Waals surface area contributed by atoms with Crippen LogP contribution in [0.2, 0.25) is 11.1 Å². The van der Waals surface area contributed by atoms with Crippen LogP contribution in [0.5, 0.6) is 0 Å². The molecule has 0 atom stereocenters. The lowest BCUT2D eigenvalue weighted by molar-refractivity contribution is 0.373. The smallest absolute Gasteiger partial charge is 0.282 e. The number of hydrogen-bond donors (Lipinski definition) is 1. The quantitative estimate of drug-likeness (QED) is 0.532. The molecule has 0 bridgehead atoms. The molecule has 0 saturated heterocycles. The first-order chi connectivity index (χ1) is 11.3. The molecule has 0 saturated carbocycles. The Morgan fingerprint density at radius 1 is 1.08 bits per heavy atom. The van der Waals surface area contributed by atoms with Crippen LogP contribution >= 0.6 is 0 Å². The zero-order chi connectivity index (χ0) is 19.7. The van der Waals surface area contributed by atoms with Crippen molar-refractivity contribution in [2.24, 2.45) is 5.92 Å². The highest BCUT2D eigenvalue weighted by atomic mass is 32.2. The van der Waals surface area contributed by atoms with Gasteiger partial charge in [-0.15, -0.1) is 0 Å². The maximum atomic E-state index is 12.4. The Labute approximate surface area is 155 Å². The topological polar surface area (TPSA) is 54.4 Å². The van der Waals surface area contributed by atoms with Crippen LogP contribution < -0.4 is 5.19 Å². The highest BCUT2D eigenvalue weighted by Gasteiger charge is 2.37. The molecular formula is C20H33O3SSi. The number of rotatable bonds is 7. The van der Waals surface area contributed by atoms with E-state index >= 15 is 0 Å². The van der Waals surface area contributed by atoms with Gasteiger partial charge in [0.25, 0.3) is 10.1 Å². The summed E-state index contributed by atoms with van der Waals surface area (Å²) in [6.07, 6.45) is 1.53. The van der Waals surface area contributed by atoms with Crippen LogP contribution in [0.15, 0.2) is 23.6 Å². The van der Waals surface area contributed by atoms with Gasteiger partial charge in [-0.2, -0.15) is 8.42 Å². The van der Waals surface area contributed by atoms with Gasteiger partial charge in [-0.05, 0) is 38.7 Å². The van der Waals surface area contributed by atoms with Crippen molar-refractivity contribution in [3.05, 3.63) is 29.8 Å². The van der Waals surface area contributed by atoms with E-state index in [9.17, 15) is 13.0 Å². The molecule has 0 aliphatic rings. The van der Waals surface area contributed by atoms with Crippen molar-refractivity contribution < 1.29 is 13.0 Å². The standard InChI is InChI=1S/C20H33O3SSi/c1-10-16-11-12-17(20(8,9)13(2)3)19(18(16)24(21,22)23)25(14(4)5)15(6)7/h10-15H,1H2,2-9H3,(H,21,22,23). The van der Waals surface area contributed by atoms with Crippen LogP contribution in [0.4, 0.5) is 0 Å². The fourth-order valence-electron chi connectivity index (χ4n) is 3.42. The maximum absolute atomic E-state index is 12.4. The summed E-state index contributed by atoms with van der Waals surface area (Å²) in [6, 6.07) is 3.82. The van der Waals surface area contributed by atoms with E-state index in [1.54, 1.807) is 6.07 Å². The Morgan fingerprint density at radius 3 is 1.88 bits per heavy atom. The third kappa shape index (κ3) is 4.44. The van der Waals surface area contributed by atoms with Crippen molar-refractivity contribution in [2.45, 2.75) is 76.8 Å². The predicted octanol–water partition coefficient (Wildman–Crippen LogP) is 5.03. The molecule has 3 nitrogen and oxygen atoms in total. The van der Waals surface area contributed by atoms with Crippen molar-refractivity contribution in [3.8, 4) is 0 Å². The summed E-state index contributed by atoms with van der Waals surface area (Å²) in [5.74, 6) is 0.331. The number of hydrogen-bond acceptors (Lipinski definition) is 2. The van der Waals surface area contributed by atoms with Gasteiger partial charge in [-0.25, -0.2) is 0 Å². The fourth-order valence-corrected chi connectivity index (χ4v) is 8.58. The zero-order valence-electron chi connectivity index (χ0n) is 16.8. The van der Waals surface area contributed by atoms with E-state index in [0.717, 1.165) is 10.8 Å². The van der Waals surface area contributed by atoms with Crippen LogP contribution in [-0.2, 0) is 15.5 Å². The summed E-state index contributed by atoms with van der Waals surface area (Å²) in [4.78, 5) is 0.0741. The molecule has 0 spiro atoms. The molecule has 25 heavy (non-hydrogen) atoms. The van der Waals surface area contributed by atoms with E-state index in [2.05, 4.69) is 62.0 Å². The maximum Gasteiger partial charge on any atom is 0.294 e. The Hall–Kier alpha value is -0.913. The highest BCUT2D eigenvalue weighted by molar-refractivity contribution is 7.86. The predicted molar refractivity (Wildman–Crippen MR) is 110 cm³/mol. The van der Waals surface area contributed by atoms with Gasteiger partial charge in [-0.3, -0.25) is 4.55 Å². The van der Waals surface area contributed by atoms with Gasteiger partial charge in [0.05, 0.1) is 8.80 Å². The first-order valence-corrected chi connectivity index (χ1v) is 12.0. The third-order valence-corrected chi connectivity index (χ3v) is 10.1. The van der Waals surface area contributed by atoms with Gasteiger partial charge >= 0.3 is 0 Å². The normalized spacial score (nSPS) is 13.3. The zero-order valence-corrected chi connectivity index (χ0v) is 18.7. The Balaban J connectivity index is 4.10. The molecule has 0 aliphatic heterocycles. The van der Waals surface area contributed by atoms with Gasteiger partial charge in [0.1, 0.15) is 4.90 Å². The van der Waals surface area contributed by atoms with Crippen LogP contribution in [0, 0.1) is 5.92 Å². The molecule has 0 fully saturated rings. The minimum atomic E-state index is -4.34. The first-order valence-electron chi connectivity index (χ1n) is 8.91. The second-order valence-corrected chi connectivity index (χ2v) is 13.3. The Kier molecular flexibility index (Phi) is 6.87. The summed E-state index contributed by atoms with van der Waals surface area (Å²) in [7, 11) is -5.57. The summed E-state index contributed by atoms with van der Waals surface area (Å²) in [6.45, 7) is 20.9. The van der Waals surface area contributed by atoms with Crippen LogP contribution in [0.1, 0.15) is 66.5 Å². The van der Waals surface area contributed by atoms with Crippen molar-refractivity contribution >= 4 is 30.2 Å². The van der Waals surface area contributed by atoms with Crippen molar-refractivity contribution in [1.82, 2.24) is 0 Å². The molecular weight excluding hydrogens is 348 g/mol. The average molecular weight is 382 g/mol. The molecule has 141 valence electrons. The molecule has 1 aromatic rings. The van der Waals surface area contributed by atoms with E-state index in [4.69, 9.17) is 0 Å². The van der Waals surface area contributed by atoms with Gasteiger partial charge in [0, 0.05) is 0 Å². The fraction of sp³-hybridized carbons (Fsp3) is 0.600. The second kappa shape index (κ2) is 7.76. The summed E-state index contributed by atoms with van der Waals surface area (Å²) < 4.78 is 34.8. The molecule has 1 N–H and O–H groups in total. The van der Waals surface area contributed by atoms with E-state index in [-0.39, 0.29) is 10.3 Å². The van der Waals surface area contributed by atoms with E-state index in [1.807, 2.05) is 6.07 Å². The van der Waals surface area contributed by atoms with Gasteiger partial charge in [0.2, 0.25) is 0 Å². The van der Waals surface area contributed by atoms with Crippen molar-refractivity contribution in [3.63, 3.8) is 0 Å². The minimum Gasteiger partial charge on any atom is -0.282 e. The van der Waals surface area contributed by atoms with Crippen LogP contribution in [0.3, 0.4) is 0 Å². The molecule has 0 heterocycles. The molecule has 1 aromatic carbocycles. The van der Waals surface area contributed by atoms with E-state index in [0.29, 0.717) is 22.6 Å². The lowest BCUT2D eigenvalue weighted by Crippen LogP contribution is -2.46. The lowest BCUT2D eigenvalue weighted by atomic mass is 9.75. The molecule has 0 aliphatic carbocycles. The third-order valence-electron chi connectivity index (χ3n) is 5.34. The summed E-state index contributed by atoms with van der Waals surface area (Å²) in [5.41, 5.74) is 2.01. The minimum absolute atomic E-state index is 0.0741. The van der Waals surface area contributed by atoms with Gasteiger partial charge in [0.15, 0.2) is 0 Å². The monoisotopic (exact) mass is 381 g/mol. The Morgan fingerprint density at radius 2 is 1.56 bits per heavy atom. The van der Waals surface area contributed by atoms with E-state index in [1.165, 1.54) is 6.08 Å². The summed E-state index contributed by atoms with van der Waals surface area (Å²) in [5, 5.41) is 0.855. The first kappa shape index (κ1) is 22.1. The molecule has 0 aromatic heterocycles. The van der Waals surface area contributed by atoms with Crippen LogP contribution in [0.25, 0.3) is 6.08 Å². The largest absolute Gasteiger partial charge is 0.294 e. The number of benzene rings is 1. The summed E-state index contributed by atoms with van der Waals surface area (Å²) >= 11 is 0. The Bertz CT molecular complexity index is 724. The highest BCUT2D eigenvalue weighted by Crippen LogP contribution is 2.35. The van der Waals surface area contributed by atoms with Crippen LogP contribution in [-0.4, -0.2) is 21.8 Å². The van der Waals surface area contributed by atoms with Crippen molar-refractivity contribution in [1.29, 1.82) is 0 Å².